The summed E-state index contributed by atoms with van der Waals surface area (Å²) in [5.74, 6) is -0.637. The summed E-state index contributed by atoms with van der Waals surface area (Å²) in [5.41, 5.74) is 0.449. The van der Waals surface area contributed by atoms with Gasteiger partial charge in [0.15, 0.2) is 24.6 Å². The largest absolute Gasteiger partial charge is 0.453 e. The highest BCUT2D eigenvalue weighted by Crippen LogP contribution is 2.34. The number of carbonyl (C=O) groups is 2. The topological polar surface area (TPSA) is 65.7 Å². The fraction of sp³-hybridized carbons (Fsp3) is 0.682. The summed E-state index contributed by atoms with van der Waals surface area (Å²) >= 11 is 0. The highest BCUT2D eigenvalue weighted by Gasteiger charge is 2.49. The van der Waals surface area contributed by atoms with E-state index in [-0.39, 0.29) is 30.1 Å². The van der Waals surface area contributed by atoms with Gasteiger partial charge in [0.25, 0.3) is 0 Å². The molecule has 0 saturated carbocycles. The summed E-state index contributed by atoms with van der Waals surface area (Å²) in [6, 6.07) is 3.52. The number of likely N-dealkylation sites (N-methyl/N-ethyl adjacent to an activating group) is 1. The molecule has 0 spiro atoms. The number of pyridine rings is 1. The van der Waals surface area contributed by atoms with Gasteiger partial charge in [-0.15, -0.1) is 0 Å². The average Bonchev–Trinajstić information content (AvgIpc) is 2.95. The molecule has 0 radical (unpaired) electrons. The van der Waals surface area contributed by atoms with Crippen molar-refractivity contribution in [1.29, 1.82) is 0 Å². The Morgan fingerprint density at radius 3 is 2.52 bits per heavy atom. The monoisotopic (exact) mass is 408 g/mol. The minimum atomic E-state index is -0.472. The van der Waals surface area contributed by atoms with Crippen molar-refractivity contribution in [2.45, 2.75) is 65.1 Å². The highest BCUT2D eigenvalue weighted by atomic mass is 16.6. The summed E-state index contributed by atoms with van der Waals surface area (Å²) in [6.07, 6.45) is 4.07. The number of ether oxygens (including phenoxy) is 3. The predicted molar refractivity (Wildman–Crippen MR) is 108 cm³/mol. The van der Waals surface area contributed by atoms with E-state index in [1.807, 2.05) is 27.0 Å². The van der Waals surface area contributed by atoms with E-state index in [0.717, 1.165) is 23.9 Å². The lowest BCUT2D eigenvalue weighted by atomic mass is 9.98. The molecule has 0 N–H and O–H groups in total. The molecular formula is C22H36N2O5+2. The Hall–Kier alpha value is -1.99. The van der Waals surface area contributed by atoms with Crippen LogP contribution < -0.4 is 4.57 Å². The van der Waals surface area contributed by atoms with Crippen molar-refractivity contribution in [2.24, 2.45) is 5.92 Å². The van der Waals surface area contributed by atoms with Gasteiger partial charge in [-0.1, -0.05) is 20.8 Å². The summed E-state index contributed by atoms with van der Waals surface area (Å²) < 4.78 is 20.0. The summed E-state index contributed by atoms with van der Waals surface area (Å²) in [4.78, 5) is 24.3. The van der Waals surface area contributed by atoms with Gasteiger partial charge in [0.05, 0.1) is 27.2 Å². The highest BCUT2D eigenvalue weighted by molar-refractivity contribution is 5.88. The number of carbonyl (C=O) groups excluding carboxylic acids is 2. The molecule has 0 aliphatic carbocycles. The maximum Gasteiger partial charge on any atom is 0.344 e. The van der Waals surface area contributed by atoms with Crippen LogP contribution in [-0.2, 0) is 19.0 Å². The zero-order valence-electron chi connectivity index (χ0n) is 18.8. The zero-order valence-corrected chi connectivity index (χ0v) is 18.8. The molecule has 162 valence electrons. The number of hydrogen-bond acceptors (Lipinski definition) is 5. The molecule has 2 heterocycles. The third-order valence-electron chi connectivity index (χ3n) is 5.24. The lowest BCUT2D eigenvalue weighted by Crippen LogP contribution is -2.47. The van der Waals surface area contributed by atoms with Crippen LogP contribution in [0, 0.1) is 5.92 Å². The molecule has 1 aromatic rings. The van der Waals surface area contributed by atoms with Crippen molar-refractivity contribution in [3.63, 3.8) is 0 Å². The van der Waals surface area contributed by atoms with Crippen molar-refractivity contribution >= 4 is 11.9 Å². The van der Waals surface area contributed by atoms with E-state index >= 15 is 0 Å². The molecule has 0 amide bonds. The Balaban J connectivity index is 2.21. The fourth-order valence-corrected chi connectivity index (χ4v) is 3.77. The molecule has 0 unspecified atom stereocenters. The minimum absolute atomic E-state index is 0.0125. The Morgan fingerprint density at radius 1 is 1.28 bits per heavy atom. The standard InChI is InChI=1S/C22H36N2O5/c1-8-18(14-24(5,6)7)28-22(26)17-11-10-12-23(13-17)21-20(27-16(4)25)15(3)19(9-2)29-21/h10-13,15,18-21H,8-9,14H2,1-7H3/q+2/t15-,18-,19-,20-,21-/m1/s1. The lowest BCUT2D eigenvalue weighted by molar-refractivity contribution is -0.873. The van der Waals surface area contributed by atoms with Gasteiger partial charge < -0.3 is 18.7 Å². The van der Waals surface area contributed by atoms with E-state index < -0.39 is 12.3 Å². The Kier molecular flexibility index (Phi) is 7.77. The first kappa shape index (κ1) is 23.3. The van der Waals surface area contributed by atoms with Crippen LogP contribution in [0.4, 0.5) is 0 Å². The third kappa shape index (κ3) is 6.24. The molecule has 7 nitrogen and oxygen atoms in total. The maximum absolute atomic E-state index is 12.7. The Labute approximate surface area is 174 Å². The van der Waals surface area contributed by atoms with Crippen molar-refractivity contribution in [1.82, 2.24) is 0 Å². The number of esters is 2. The molecule has 5 atom stereocenters. The van der Waals surface area contributed by atoms with E-state index in [0.29, 0.717) is 5.56 Å². The average molecular weight is 409 g/mol. The van der Waals surface area contributed by atoms with Gasteiger partial charge in [-0.25, -0.2) is 4.79 Å². The summed E-state index contributed by atoms with van der Waals surface area (Å²) in [7, 11) is 6.22. The van der Waals surface area contributed by atoms with Gasteiger partial charge in [-0.05, 0) is 18.9 Å². The molecule has 1 aromatic heterocycles. The van der Waals surface area contributed by atoms with Crippen LogP contribution in [0.25, 0.3) is 0 Å². The number of nitrogens with zero attached hydrogens (tertiary/aromatic N) is 2. The Morgan fingerprint density at radius 2 is 1.97 bits per heavy atom. The van der Waals surface area contributed by atoms with Gasteiger partial charge in [0.1, 0.15) is 12.1 Å². The van der Waals surface area contributed by atoms with Gasteiger partial charge >= 0.3 is 18.2 Å². The molecule has 1 fully saturated rings. The van der Waals surface area contributed by atoms with E-state index in [4.69, 9.17) is 14.2 Å². The van der Waals surface area contributed by atoms with Gasteiger partial charge in [-0.2, -0.15) is 4.57 Å². The SMILES string of the molecule is CC[C@H](C[N+](C)(C)C)OC(=O)c1ccc[n+]([C@@H]2O[C@H](CC)[C@@H](C)[C@H]2OC(C)=O)c1. The van der Waals surface area contributed by atoms with E-state index in [1.165, 1.54) is 6.92 Å². The molecule has 1 aliphatic rings. The third-order valence-corrected chi connectivity index (χ3v) is 5.24. The number of rotatable bonds is 8. The molecule has 7 heteroatoms. The van der Waals surface area contributed by atoms with Crippen molar-refractivity contribution in [2.75, 3.05) is 27.7 Å². The molecular weight excluding hydrogens is 372 g/mol. The van der Waals surface area contributed by atoms with Crippen molar-refractivity contribution < 1.29 is 32.8 Å². The van der Waals surface area contributed by atoms with E-state index in [2.05, 4.69) is 21.1 Å². The second-order valence-corrected chi connectivity index (χ2v) is 8.85. The Bertz CT molecular complexity index is 715. The fourth-order valence-electron chi connectivity index (χ4n) is 3.77. The van der Waals surface area contributed by atoms with E-state index in [1.54, 1.807) is 22.9 Å². The second kappa shape index (κ2) is 9.67. The smallest absolute Gasteiger partial charge is 0.344 e. The second-order valence-electron chi connectivity index (χ2n) is 8.85. The molecule has 0 bridgehead atoms. The lowest BCUT2D eigenvalue weighted by Gasteiger charge is -2.28. The normalized spacial score (nSPS) is 25.5. The number of quaternary nitrogens is 1. The van der Waals surface area contributed by atoms with Crippen LogP contribution in [-0.4, -0.2) is 62.4 Å². The van der Waals surface area contributed by atoms with Crippen molar-refractivity contribution in [3.8, 4) is 0 Å². The van der Waals surface area contributed by atoms with Crippen LogP contribution in [0.1, 0.15) is 57.1 Å². The molecule has 0 aromatic carbocycles. The molecule has 2 rings (SSSR count). The van der Waals surface area contributed by atoms with Crippen molar-refractivity contribution in [3.05, 3.63) is 30.1 Å². The van der Waals surface area contributed by atoms with Crippen LogP contribution in [0.2, 0.25) is 0 Å². The first-order valence-corrected chi connectivity index (χ1v) is 10.4. The predicted octanol–water partition coefficient (Wildman–Crippen LogP) is 2.49. The molecule has 1 saturated heterocycles. The minimum Gasteiger partial charge on any atom is -0.453 e. The van der Waals surface area contributed by atoms with Gasteiger partial charge in [0.2, 0.25) is 0 Å². The van der Waals surface area contributed by atoms with Crippen LogP contribution in [0.3, 0.4) is 0 Å². The van der Waals surface area contributed by atoms with Crippen LogP contribution in [0.5, 0.6) is 0 Å². The first-order chi connectivity index (χ1) is 13.6. The van der Waals surface area contributed by atoms with Gasteiger partial charge in [-0.3, -0.25) is 4.79 Å². The zero-order chi connectivity index (χ0) is 21.8. The van der Waals surface area contributed by atoms with Crippen LogP contribution >= 0.6 is 0 Å². The summed E-state index contributed by atoms with van der Waals surface area (Å²) in [5, 5.41) is 0. The number of hydrogen-bond donors (Lipinski definition) is 0. The maximum atomic E-state index is 12.7. The van der Waals surface area contributed by atoms with Gasteiger partial charge in [0, 0.05) is 18.9 Å². The number of aromatic nitrogens is 1. The quantitative estimate of drug-likeness (QED) is 0.376. The first-order valence-electron chi connectivity index (χ1n) is 10.4. The molecule has 1 aliphatic heterocycles. The van der Waals surface area contributed by atoms with Crippen LogP contribution in [0.15, 0.2) is 24.5 Å². The summed E-state index contributed by atoms with van der Waals surface area (Å²) in [6.45, 7) is 8.23. The van der Waals surface area contributed by atoms with E-state index in [9.17, 15) is 9.59 Å². The molecule has 29 heavy (non-hydrogen) atoms.